The normalized spacial score (nSPS) is 7.11. The summed E-state index contributed by atoms with van der Waals surface area (Å²) in [5.41, 5.74) is 0. The van der Waals surface area contributed by atoms with Crippen molar-refractivity contribution < 1.29 is 14.6 Å². The molecule has 0 spiro atoms. The van der Waals surface area contributed by atoms with Crippen LogP contribution in [0.1, 0.15) is 20.8 Å². The average molecular weight is 134 g/mol. The van der Waals surface area contributed by atoms with E-state index in [9.17, 15) is 4.79 Å². The second kappa shape index (κ2) is 10.4. The van der Waals surface area contributed by atoms with E-state index in [2.05, 4.69) is 4.74 Å². The molecule has 0 amide bonds. The Labute approximate surface area is 55.6 Å². The van der Waals surface area contributed by atoms with Gasteiger partial charge in [-0.25, -0.2) is 0 Å². The van der Waals surface area contributed by atoms with Crippen molar-refractivity contribution in [2.75, 3.05) is 13.2 Å². The van der Waals surface area contributed by atoms with Crippen molar-refractivity contribution in [1.29, 1.82) is 0 Å². The highest BCUT2D eigenvalue weighted by atomic mass is 16.5. The molecule has 0 aliphatic carbocycles. The number of ether oxygens (including phenoxy) is 1. The van der Waals surface area contributed by atoms with E-state index in [1.54, 1.807) is 13.8 Å². The summed E-state index contributed by atoms with van der Waals surface area (Å²) in [7, 11) is 0. The van der Waals surface area contributed by atoms with E-state index in [1.807, 2.05) is 0 Å². The first-order valence-electron chi connectivity index (χ1n) is 2.93. The van der Waals surface area contributed by atoms with Crippen molar-refractivity contribution >= 4 is 5.97 Å². The van der Waals surface area contributed by atoms with Crippen LogP contribution in [0.25, 0.3) is 0 Å². The predicted octanol–water partition coefficient (Wildman–Crippen LogP) is 0.568. The van der Waals surface area contributed by atoms with Crippen LogP contribution in [0.2, 0.25) is 0 Å². The standard InChI is InChI=1S/C4H8O2.C2H6O/c1-3-6-4(2)5;1-2-3/h3H2,1-2H3;3H,2H2,1H3. The topological polar surface area (TPSA) is 46.5 Å². The van der Waals surface area contributed by atoms with Crippen LogP contribution >= 0.6 is 0 Å². The fourth-order valence-corrected chi connectivity index (χ4v) is 0.203. The zero-order chi connectivity index (χ0) is 7.70. The molecule has 0 aliphatic heterocycles. The Hall–Kier alpha value is -0.570. The molecule has 3 nitrogen and oxygen atoms in total. The Morgan fingerprint density at radius 1 is 1.56 bits per heavy atom. The van der Waals surface area contributed by atoms with Crippen molar-refractivity contribution in [3.05, 3.63) is 0 Å². The number of carbonyl (C=O) groups excluding carboxylic acids is 1. The van der Waals surface area contributed by atoms with E-state index >= 15 is 0 Å². The third-order valence-electron chi connectivity index (χ3n) is 0.348. The number of hydrogen-bond donors (Lipinski definition) is 1. The number of esters is 1. The van der Waals surface area contributed by atoms with Crippen molar-refractivity contribution in [3.8, 4) is 0 Å². The van der Waals surface area contributed by atoms with Gasteiger partial charge in [0.1, 0.15) is 0 Å². The van der Waals surface area contributed by atoms with Crippen molar-refractivity contribution in [3.63, 3.8) is 0 Å². The molecule has 0 radical (unpaired) electrons. The molecule has 0 heterocycles. The molecule has 0 atom stereocenters. The summed E-state index contributed by atoms with van der Waals surface area (Å²) in [6.07, 6.45) is 0. The van der Waals surface area contributed by atoms with Crippen LogP contribution in [0.5, 0.6) is 0 Å². The van der Waals surface area contributed by atoms with Gasteiger partial charge in [-0.05, 0) is 13.8 Å². The Kier molecular flexibility index (Phi) is 13.0. The lowest BCUT2D eigenvalue weighted by atomic mass is 10.8. The third-order valence-corrected chi connectivity index (χ3v) is 0.348. The van der Waals surface area contributed by atoms with Crippen molar-refractivity contribution in [1.82, 2.24) is 0 Å². The van der Waals surface area contributed by atoms with Gasteiger partial charge in [0.05, 0.1) is 6.61 Å². The van der Waals surface area contributed by atoms with Crippen LogP contribution in [0.4, 0.5) is 0 Å². The van der Waals surface area contributed by atoms with E-state index in [-0.39, 0.29) is 12.6 Å². The molecule has 3 heteroatoms. The summed E-state index contributed by atoms with van der Waals surface area (Å²) in [6, 6.07) is 0. The maximum Gasteiger partial charge on any atom is 0.302 e. The highest BCUT2D eigenvalue weighted by Gasteiger charge is 1.81. The molecule has 1 N–H and O–H groups in total. The number of hydrogen-bond acceptors (Lipinski definition) is 3. The third kappa shape index (κ3) is 37.1. The summed E-state index contributed by atoms with van der Waals surface area (Å²) < 4.78 is 4.40. The smallest absolute Gasteiger partial charge is 0.302 e. The van der Waals surface area contributed by atoms with Crippen LogP contribution in [0.3, 0.4) is 0 Å². The van der Waals surface area contributed by atoms with Gasteiger partial charge >= 0.3 is 5.97 Å². The summed E-state index contributed by atoms with van der Waals surface area (Å²) in [4.78, 5) is 9.82. The van der Waals surface area contributed by atoms with Gasteiger partial charge in [0.25, 0.3) is 0 Å². The van der Waals surface area contributed by atoms with Crippen LogP contribution in [0, 0.1) is 0 Å². The summed E-state index contributed by atoms with van der Waals surface area (Å²) in [5.74, 6) is -0.211. The van der Waals surface area contributed by atoms with Crippen LogP contribution < -0.4 is 0 Å². The molecular formula is C6H14O3. The second-order valence-corrected chi connectivity index (χ2v) is 1.24. The lowest BCUT2D eigenvalue weighted by Gasteiger charge is -1.89. The van der Waals surface area contributed by atoms with Gasteiger partial charge in [-0.1, -0.05) is 0 Å². The quantitative estimate of drug-likeness (QED) is 0.533. The highest BCUT2D eigenvalue weighted by molar-refractivity contribution is 5.65. The molecule has 0 unspecified atom stereocenters. The zero-order valence-corrected chi connectivity index (χ0v) is 6.18. The molecule has 9 heavy (non-hydrogen) atoms. The first-order chi connectivity index (χ1) is 4.18. The van der Waals surface area contributed by atoms with E-state index < -0.39 is 0 Å². The maximum atomic E-state index is 9.82. The summed E-state index contributed by atoms with van der Waals surface area (Å²) >= 11 is 0. The first-order valence-corrected chi connectivity index (χ1v) is 2.93. The number of carbonyl (C=O) groups is 1. The molecule has 0 aromatic carbocycles. The maximum absolute atomic E-state index is 9.82. The van der Waals surface area contributed by atoms with Gasteiger partial charge in [-0.2, -0.15) is 0 Å². The monoisotopic (exact) mass is 134 g/mol. The molecule has 0 saturated heterocycles. The van der Waals surface area contributed by atoms with Gasteiger partial charge < -0.3 is 9.84 Å². The Morgan fingerprint density at radius 2 is 1.89 bits per heavy atom. The first kappa shape index (κ1) is 11.3. The minimum absolute atomic E-state index is 0.211. The molecule has 0 saturated carbocycles. The van der Waals surface area contributed by atoms with Crippen LogP contribution in [-0.2, 0) is 9.53 Å². The van der Waals surface area contributed by atoms with Gasteiger partial charge in [0.15, 0.2) is 0 Å². The van der Waals surface area contributed by atoms with E-state index in [4.69, 9.17) is 5.11 Å². The number of aliphatic hydroxyl groups is 1. The molecule has 0 aromatic rings. The zero-order valence-electron chi connectivity index (χ0n) is 6.18. The van der Waals surface area contributed by atoms with Crippen LogP contribution in [-0.4, -0.2) is 24.3 Å². The molecule has 0 fully saturated rings. The van der Waals surface area contributed by atoms with E-state index in [0.717, 1.165) is 0 Å². The number of aliphatic hydroxyl groups excluding tert-OH is 1. The van der Waals surface area contributed by atoms with Gasteiger partial charge in [0, 0.05) is 13.5 Å². The Balaban J connectivity index is 0. The minimum atomic E-state index is -0.211. The summed E-state index contributed by atoms with van der Waals surface area (Å²) in [5, 5.41) is 7.57. The second-order valence-electron chi connectivity index (χ2n) is 1.24. The minimum Gasteiger partial charge on any atom is -0.466 e. The Bertz CT molecular complexity index is 61.3. The predicted molar refractivity (Wildman–Crippen MR) is 35.1 cm³/mol. The van der Waals surface area contributed by atoms with Crippen molar-refractivity contribution in [2.45, 2.75) is 20.8 Å². The number of rotatable bonds is 1. The molecular weight excluding hydrogens is 120 g/mol. The molecule has 0 aromatic heterocycles. The highest BCUT2D eigenvalue weighted by Crippen LogP contribution is 1.69. The van der Waals surface area contributed by atoms with Gasteiger partial charge in [-0.15, -0.1) is 0 Å². The molecule has 0 rings (SSSR count). The summed E-state index contributed by atoms with van der Waals surface area (Å²) in [6.45, 7) is 5.58. The van der Waals surface area contributed by atoms with Gasteiger partial charge in [-0.3, -0.25) is 4.79 Å². The molecule has 0 aliphatic rings. The lowest BCUT2D eigenvalue weighted by Crippen LogP contribution is -1.95. The average Bonchev–Trinajstić information content (AvgIpc) is 1.67. The van der Waals surface area contributed by atoms with E-state index in [1.165, 1.54) is 6.92 Å². The Morgan fingerprint density at radius 3 is 1.89 bits per heavy atom. The van der Waals surface area contributed by atoms with Gasteiger partial charge in [0.2, 0.25) is 0 Å². The fraction of sp³-hybridized carbons (Fsp3) is 0.833. The van der Waals surface area contributed by atoms with Crippen LogP contribution in [0.15, 0.2) is 0 Å². The van der Waals surface area contributed by atoms with Crippen molar-refractivity contribution in [2.24, 2.45) is 0 Å². The fourth-order valence-electron chi connectivity index (χ4n) is 0.203. The lowest BCUT2D eigenvalue weighted by molar-refractivity contribution is -0.140. The SMILES string of the molecule is CCO.CCOC(C)=O. The molecule has 0 bridgehead atoms. The van der Waals surface area contributed by atoms with E-state index in [0.29, 0.717) is 6.61 Å². The molecule has 56 valence electrons. The largest absolute Gasteiger partial charge is 0.466 e.